The van der Waals surface area contributed by atoms with Crippen LogP contribution in [0.15, 0.2) is 60.7 Å². The Bertz CT molecular complexity index is 918. The van der Waals surface area contributed by atoms with Gasteiger partial charge in [-0.15, -0.1) is 0 Å². The fraction of sp³-hybridized carbons (Fsp3) is 0.333. The molecule has 3 amide bonds. The zero-order chi connectivity index (χ0) is 24.1. The molecule has 0 bridgehead atoms. The second-order valence-electron chi connectivity index (χ2n) is 7.57. The van der Waals surface area contributed by atoms with Gasteiger partial charge in [0.25, 0.3) is 0 Å². The van der Waals surface area contributed by atoms with Crippen LogP contribution in [0.1, 0.15) is 25.0 Å². The summed E-state index contributed by atoms with van der Waals surface area (Å²) in [7, 11) is 0. The van der Waals surface area contributed by atoms with Crippen LogP contribution in [0.2, 0.25) is 0 Å². The number of carbonyl (C=O) groups excluding carboxylic acids is 4. The summed E-state index contributed by atoms with van der Waals surface area (Å²) in [4.78, 5) is 48.1. The standard InChI is InChI=1S/C24H29N3O6/c1-17(2)22(23(30)32-15-18-9-5-3-6-10-18)27-21(29)14-25-20(28)13-26-24(31)33-16-19-11-7-4-8-12-19/h3-12,17,22H,13-16H2,1-2H3,(H,25,28)(H,26,31)(H,27,29). The molecule has 2 rings (SSSR count). The van der Waals surface area contributed by atoms with Gasteiger partial charge in [-0.3, -0.25) is 9.59 Å². The lowest BCUT2D eigenvalue weighted by atomic mass is 10.0. The van der Waals surface area contributed by atoms with Gasteiger partial charge in [-0.25, -0.2) is 9.59 Å². The third-order valence-corrected chi connectivity index (χ3v) is 4.51. The maximum atomic E-state index is 12.4. The number of alkyl carbamates (subject to hydrolysis) is 1. The van der Waals surface area contributed by atoms with Crippen molar-refractivity contribution in [3.8, 4) is 0 Å². The van der Waals surface area contributed by atoms with Gasteiger partial charge in [-0.1, -0.05) is 74.5 Å². The first-order valence-corrected chi connectivity index (χ1v) is 10.6. The van der Waals surface area contributed by atoms with Crippen LogP contribution >= 0.6 is 0 Å². The molecule has 0 saturated heterocycles. The van der Waals surface area contributed by atoms with Crippen molar-refractivity contribution in [3.05, 3.63) is 71.8 Å². The van der Waals surface area contributed by atoms with Gasteiger partial charge in [0.2, 0.25) is 11.8 Å². The molecule has 1 unspecified atom stereocenters. The molecular weight excluding hydrogens is 426 g/mol. The highest BCUT2D eigenvalue weighted by Gasteiger charge is 2.25. The fourth-order valence-corrected chi connectivity index (χ4v) is 2.71. The summed E-state index contributed by atoms with van der Waals surface area (Å²) in [6.45, 7) is 3.02. The van der Waals surface area contributed by atoms with Crippen LogP contribution in [0.3, 0.4) is 0 Å². The Morgan fingerprint density at radius 1 is 0.727 bits per heavy atom. The topological polar surface area (TPSA) is 123 Å². The van der Waals surface area contributed by atoms with E-state index in [1.807, 2.05) is 48.5 Å². The second-order valence-corrected chi connectivity index (χ2v) is 7.57. The first kappa shape index (κ1) is 25.4. The van der Waals surface area contributed by atoms with Gasteiger partial charge >= 0.3 is 12.1 Å². The molecule has 0 fully saturated rings. The van der Waals surface area contributed by atoms with Crippen molar-refractivity contribution in [1.82, 2.24) is 16.0 Å². The van der Waals surface area contributed by atoms with Gasteiger partial charge in [0, 0.05) is 0 Å². The van der Waals surface area contributed by atoms with E-state index in [2.05, 4.69) is 16.0 Å². The average Bonchev–Trinajstić information content (AvgIpc) is 2.83. The highest BCUT2D eigenvalue weighted by Crippen LogP contribution is 2.07. The van der Waals surface area contributed by atoms with Crippen LogP contribution in [0.5, 0.6) is 0 Å². The first-order valence-electron chi connectivity index (χ1n) is 10.6. The van der Waals surface area contributed by atoms with Gasteiger partial charge in [0.1, 0.15) is 25.8 Å². The summed E-state index contributed by atoms with van der Waals surface area (Å²) in [6.07, 6.45) is -0.750. The van der Waals surface area contributed by atoms with Gasteiger partial charge in [-0.2, -0.15) is 0 Å². The van der Waals surface area contributed by atoms with Crippen molar-refractivity contribution >= 4 is 23.9 Å². The predicted octanol–water partition coefficient (Wildman–Crippen LogP) is 1.91. The van der Waals surface area contributed by atoms with Crippen molar-refractivity contribution < 1.29 is 28.7 Å². The quantitative estimate of drug-likeness (QED) is 0.445. The smallest absolute Gasteiger partial charge is 0.407 e. The number of rotatable bonds is 11. The van der Waals surface area contributed by atoms with Crippen LogP contribution in [0.25, 0.3) is 0 Å². The van der Waals surface area contributed by atoms with E-state index in [4.69, 9.17) is 9.47 Å². The number of hydrogen-bond acceptors (Lipinski definition) is 6. The molecule has 9 nitrogen and oxygen atoms in total. The maximum Gasteiger partial charge on any atom is 0.407 e. The summed E-state index contributed by atoms with van der Waals surface area (Å²) >= 11 is 0. The summed E-state index contributed by atoms with van der Waals surface area (Å²) in [5.41, 5.74) is 1.65. The first-order chi connectivity index (χ1) is 15.8. The number of benzene rings is 2. The number of esters is 1. The number of nitrogens with one attached hydrogen (secondary N) is 3. The molecule has 0 aliphatic rings. The van der Waals surface area contributed by atoms with Gasteiger partial charge in [0.05, 0.1) is 6.54 Å². The molecule has 9 heteroatoms. The molecule has 3 N–H and O–H groups in total. The van der Waals surface area contributed by atoms with Crippen LogP contribution < -0.4 is 16.0 Å². The maximum absolute atomic E-state index is 12.4. The molecule has 1 atom stereocenters. The van der Waals surface area contributed by atoms with Crippen molar-refractivity contribution in [2.45, 2.75) is 33.1 Å². The normalized spacial score (nSPS) is 11.2. The van der Waals surface area contributed by atoms with Crippen LogP contribution in [-0.2, 0) is 37.1 Å². The monoisotopic (exact) mass is 455 g/mol. The zero-order valence-corrected chi connectivity index (χ0v) is 18.7. The minimum atomic E-state index is -0.857. The molecule has 0 saturated carbocycles. The molecule has 0 radical (unpaired) electrons. The average molecular weight is 456 g/mol. The Balaban J connectivity index is 1.68. The van der Waals surface area contributed by atoms with E-state index in [1.165, 1.54) is 0 Å². The predicted molar refractivity (Wildman–Crippen MR) is 121 cm³/mol. The molecular formula is C24H29N3O6. The molecule has 0 spiro atoms. The number of hydrogen-bond donors (Lipinski definition) is 3. The second kappa shape index (κ2) is 13.5. The van der Waals surface area contributed by atoms with E-state index in [0.29, 0.717) is 0 Å². The number of amides is 3. The van der Waals surface area contributed by atoms with E-state index < -0.39 is 29.9 Å². The molecule has 0 aliphatic carbocycles. The van der Waals surface area contributed by atoms with Crippen molar-refractivity contribution in [1.29, 1.82) is 0 Å². The highest BCUT2D eigenvalue weighted by molar-refractivity contribution is 5.89. The van der Waals surface area contributed by atoms with Crippen molar-refractivity contribution in [2.75, 3.05) is 13.1 Å². The molecule has 176 valence electrons. The van der Waals surface area contributed by atoms with Gasteiger partial charge < -0.3 is 25.4 Å². The lowest BCUT2D eigenvalue weighted by Gasteiger charge is -2.21. The molecule has 0 aromatic heterocycles. The Labute approximate surface area is 192 Å². The van der Waals surface area contributed by atoms with Crippen LogP contribution in [-0.4, -0.2) is 43.0 Å². The lowest BCUT2D eigenvalue weighted by Crippen LogP contribution is -2.49. The van der Waals surface area contributed by atoms with E-state index in [9.17, 15) is 19.2 Å². The van der Waals surface area contributed by atoms with E-state index in [-0.39, 0.29) is 32.2 Å². The molecule has 33 heavy (non-hydrogen) atoms. The fourth-order valence-electron chi connectivity index (χ4n) is 2.71. The number of ether oxygens (including phenoxy) is 2. The summed E-state index contributed by atoms with van der Waals surface area (Å²) < 4.78 is 10.3. The number of carbonyl (C=O) groups is 4. The van der Waals surface area contributed by atoms with Gasteiger partial charge in [0.15, 0.2) is 0 Å². The summed E-state index contributed by atoms with van der Waals surface area (Å²) in [5, 5.41) is 7.26. The summed E-state index contributed by atoms with van der Waals surface area (Å²) in [6, 6.07) is 17.4. The Morgan fingerprint density at radius 3 is 1.79 bits per heavy atom. The lowest BCUT2D eigenvalue weighted by molar-refractivity contribution is -0.150. The molecule has 0 aliphatic heterocycles. The Kier molecular flexibility index (Phi) is 10.4. The molecule has 0 heterocycles. The van der Waals surface area contributed by atoms with Crippen LogP contribution in [0, 0.1) is 5.92 Å². The van der Waals surface area contributed by atoms with Gasteiger partial charge in [-0.05, 0) is 17.0 Å². The van der Waals surface area contributed by atoms with E-state index >= 15 is 0 Å². The summed E-state index contributed by atoms with van der Waals surface area (Å²) in [5.74, 6) is -1.90. The van der Waals surface area contributed by atoms with Crippen LogP contribution in [0.4, 0.5) is 4.79 Å². The third-order valence-electron chi connectivity index (χ3n) is 4.51. The van der Waals surface area contributed by atoms with E-state index in [1.54, 1.807) is 26.0 Å². The zero-order valence-electron chi connectivity index (χ0n) is 18.7. The Morgan fingerprint density at radius 2 is 1.24 bits per heavy atom. The van der Waals surface area contributed by atoms with E-state index in [0.717, 1.165) is 11.1 Å². The Hall–Kier alpha value is -3.88. The molecule has 2 aromatic rings. The highest BCUT2D eigenvalue weighted by atomic mass is 16.5. The molecule has 2 aromatic carbocycles. The largest absolute Gasteiger partial charge is 0.459 e. The minimum Gasteiger partial charge on any atom is -0.459 e. The van der Waals surface area contributed by atoms with Crippen molar-refractivity contribution in [3.63, 3.8) is 0 Å². The SMILES string of the molecule is CC(C)C(NC(=O)CNC(=O)CNC(=O)OCc1ccccc1)C(=O)OCc1ccccc1. The third kappa shape index (κ3) is 9.86. The minimum absolute atomic E-state index is 0.0770. The van der Waals surface area contributed by atoms with Crippen molar-refractivity contribution in [2.24, 2.45) is 5.92 Å².